The summed E-state index contributed by atoms with van der Waals surface area (Å²) in [6.45, 7) is 7.23. The molecule has 0 heterocycles. The molecule has 0 saturated heterocycles. The third-order valence-corrected chi connectivity index (χ3v) is 4.68. The number of nitrogens with one attached hydrogen (secondary N) is 1. The highest BCUT2D eigenvalue weighted by Gasteiger charge is 2.29. The van der Waals surface area contributed by atoms with Gasteiger partial charge in [0.2, 0.25) is 0 Å². The van der Waals surface area contributed by atoms with Crippen LogP contribution in [0.2, 0.25) is 0 Å². The highest BCUT2D eigenvalue weighted by Crippen LogP contribution is 2.36. The summed E-state index contributed by atoms with van der Waals surface area (Å²) < 4.78 is 0. The molecule has 0 aliphatic heterocycles. The van der Waals surface area contributed by atoms with Crippen LogP contribution >= 0.6 is 15.9 Å². The molecule has 1 saturated carbocycles. The standard InChI is InChI=1S/C16H22BrNO/c1-16(2,3)13-8-6-12(7-9-13)15(19)18-10-14(17)11-4-5-11/h6-9,11,14H,4-5,10H2,1-3H3,(H,18,19). The first-order chi connectivity index (χ1) is 8.88. The van der Waals surface area contributed by atoms with Crippen molar-refractivity contribution in [2.24, 2.45) is 5.92 Å². The van der Waals surface area contributed by atoms with E-state index < -0.39 is 0 Å². The summed E-state index contributed by atoms with van der Waals surface area (Å²) in [6, 6.07) is 7.91. The molecule has 1 atom stereocenters. The van der Waals surface area contributed by atoms with Crippen LogP contribution in [0.5, 0.6) is 0 Å². The van der Waals surface area contributed by atoms with E-state index in [1.54, 1.807) is 0 Å². The van der Waals surface area contributed by atoms with E-state index in [0.717, 1.165) is 11.5 Å². The number of rotatable bonds is 4. The van der Waals surface area contributed by atoms with Gasteiger partial charge in [0.25, 0.3) is 5.91 Å². The maximum Gasteiger partial charge on any atom is 0.251 e. The SMILES string of the molecule is CC(C)(C)c1ccc(C(=O)NCC(Br)C2CC2)cc1. The average molecular weight is 324 g/mol. The van der Waals surface area contributed by atoms with Crippen LogP contribution < -0.4 is 5.32 Å². The van der Waals surface area contributed by atoms with E-state index >= 15 is 0 Å². The molecule has 1 N–H and O–H groups in total. The Kier molecular flexibility index (Phi) is 4.34. The fourth-order valence-corrected chi connectivity index (χ4v) is 2.73. The summed E-state index contributed by atoms with van der Waals surface area (Å²) >= 11 is 3.63. The van der Waals surface area contributed by atoms with Crippen molar-refractivity contribution in [2.45, 2.75) is 43.9 Å². The summed E-state index contributed by atoms with van der Waals surface area (Å²) in [7, 11) is 0. The highest BCUT2D eigenvalue weighted by molar-refractivity contribution is 9.09. The predicted molar refractivity (Wildman–Crippen MR) is 82.9 cm³/mol. The van der Waals surface area contributed by atoms with E-state index in [0.29, 0.717) is 11.4 Å². The van der Waals surface area contributed by atoms with Crippen molar-refractivity contribution in [3.8, 4) is 0 Å². The summed E-state index contributed by atoms with van der Waals surface area (Å²) in [4.78, 5) is 12.4. The molecule has 0 aromatic heterocycles. The Hall–Kier alpha value is -0.830. The molecular formula is C16H22BrNO. The van der Waals surface area contributed by atoms with Gasteiger partial charge >= 0.3 is 0 Å². The molecule has 1 aliphatic rings. The van der Waals surface area contributed by atoms with Crippen LogP contribution in [0.1, 0.15) is 49.5 Å². The Morgan fingerprint density at radius 3 is 2.37 bits per heavy atom. The molecule has 19 heavy (non-hydrogen) atoms. The molecule has 1 fully saturated rings. The first-order valence-electron chi connectivity index (χ1n) is 6.91. The molecule has 0 bridgehead atoms. The highest BCUT2D eigenvalue weighted by atomic mass is 79.9. The number of amides is 1. The largest absolute Gasteiger partial charge is 0.351 e. The minimum atomic E-state index is 0.0190. The number of halogens is 1. The van der Waals surface area contributed by atoms with Gasteiger partial charge in [0, 0.05) is 16.9 Å². The zero-order valence-electron chi connectivity index (χ0n) is 11.9. The number of carbonyl (C=O) groups is 1. The quantitative estimate of drug-likeness (QED) is 0.837. The van der Waals surface area contributed by atoms with Gasteiger partial charge < -0.3 is 5.32 Å². The van der Waals surface area contributed by atoms with E-state index in [-0.39, 0.29) is 11.3 Å². The predicted octanol–water partition coefficient (Wildman–Crippen LogP) is 3.89. The fraction of sp³-hybridized carbons (Fsp3) is 0.562. The van der Waals surface area contributed by atoms with Crippen molar-refractivity contribution in [1.82, 2.24) is 5.32 Å². The zero-order valence-corrected chi connectivity index (χ0v) is 13.5. The van der Waals surface area contributed by atoms with Crippen molar-refractivity contribution in [2.75, 3.05) is 6.54 Å². The lowest BCUT2D eigenvalue weighted by molar-refractivity contribution is 0.0953. The van der Waals surface area contributed by atoms with E-state index in [2.05, 4.69) is 42.0 Å². The number of carbonyl (C=O) groups excluding carboxylic acids is 1. The van der Waals surface area contributed by atoms with E-state index in [1.807, 2.05) is 24.3 Å². The van der Waals surface area contributed by atoms with Crippen LogP contribution in [0.25, 0.3) is 0 Å². The number of hydrogen-bond donors (Lipinski definition) is 1. The van der Waals surface area contributed by atoms with Gasteiger partial charge in [-0.3, -0.25) is 4.79 Å². The molecule has 1 aliphatic carbocycles. The van der Waals surface area contributed by atoms with Gasteiger partial charge in [0.05, 0.1) is 0 Å². The Balaban J connectivity index is 1.91. The van der Waals surface area contributed by atoms with Crippen LogP contribution in [0.3, 0.4) is 0 Å². The summed E-state index contributed by atoms with van der Waals surface area (Å²) in [5.74, 6) is 0.772. The summed E-state index contributed by atoms with van der Waals surface area (Å²) in [5, 5.41) is 2.99. The molecule has 0 radical (unpaired) electrons. The van der Waals surface area contributed by atoms with Gasteiger partial charge in [-0.1, -0.05) is 48.8 Å². The first kappa shape index (κ1) is 14.6. The molecule has 1 amide bonds. The smallest absolute Gasteiger partial charge is 0.251 e. The number of benzene rings is 1. The lowest BCUT2D eigenvalue weighted by Gasteiger charge is -2.19. The lowest BCUT2D eigenvalue weighted by Crippen LogP contribution is -2.30. The Bertz CT molecular complexity index is 443. The number of alkyl halides is 1. The molecule has 104 valence electrons. The lowest BCUT2D eigenvalue weighted by atomic mass is 9.87. The Morgan fingerprint density at radius 1 is 1.32 bits per heavy atom. The Labute approximate surface area is 124 Å². The van der Waals surface area contributed by atoms with Crippen molar-refractivity contribution in [3.63, 3.8) is 0 Å². The van der Waals surface area contributed by atoms with Gasteiger partial charge in [-0.2, -0.15) is 0 Å². The van der Waals surface area contributed by atoms with Crippen LogP contribution in [0.4, 0.5) is 0 Å². The van der Waals surface area contributed by atoms with E-state index in [1.165, 1.54) is 18.4 Å². The second kappa shape index (κ2) is 5.66. The maximum atomic E-state index is 12.0. The molecular weight excluding hydrogens is 302 g/mol. The molecule has 1 unspecified atom stereocenters. The minimum absolute atomic E-state index is 0.0190. The Morgan fingerprint density at radius 2 is 1.89 bits per heavy atom. The van der Waals surface area contributed by atoms with Gasteiger partial charge in [-0.15, -0.1) is 0 Å². The topological polar surface area (TPSA) is 29.1 Å². The molecule has 2 nitrogen and oxygen atoms in total. The van der Waals surface area contributed by atoms with Crippen LogP contribution in [-0.4, -0.2) is 17.3 Å². The third kappa shape index (κ3) is 4.07. The van der Waals surface area contributed by atoms with Gasteiger partial charge in [-0.25, -0.2) is 0 Å². The average Bonchev–Trinajstić information content (AvgIpc) is 3.19. The third-order valence-electron chi connectivity index (χ3n) is 3.60. The fourth-order valence-electron chi connectivity index (χ4n) is 2.04. The van der Waals surface area contributed by atoms with Crippen molar-refractivity contribution in [1.29, 1.82) is 0 Å². The summed E-state index contributed by atoms with van der Waals surface area (Å²) in [6.07, 6.45) is 2.57. The first-order valence-corrected chi connectivity index (χ1v) is 7.82. The second-order valence-electron chi connectivity index (χ2n) is 6.39. The van der Waals surface area contributed by atoms with Crippen LogP contribution in [0.15, 0.2) is 24.3 Å². The maximum absolute atomic E-state index is 12.0. The molecule has 1 aromatic rings. The minimum Gasteiger partial charge on any atom is -0.351 e. The molecule has 3 heteroatoms. The van der Waals surface area contributed by atoms with Crippen LogP contribution in [0, 0.1) is 5.92 Å². The zero-order chi connectivity index (χ0) is 14.0. The van der Waals surface area contributed by atoms with Crippen molar-refractivity contribution < 1.29 is 4.79 Å². The van der Waals surface area contributed by atoms with Gasteiger partial charge in [-0.05, 0) is 41.9 Å². The molecule has 2 rings (SSSR count). The van der Waals surface area contributed by atoms with Crippen molar-refractivity contribution in [3.05, 3.63) is 35.4 Å². The summed E-state index contributed by atoms with van der Waals surface area (Å²) in [5.41, 5.74) is 2.12. The van der Waals surface area contributed by atoms with E-state index in [9.17, 15) is 4.79 Å². The van der Waals surface area contributed by atoms with Crippen molar-refractivity contribution >= 4 is 21.8 Å². The van der Waals surface area contributed by atoms with E-state index in [4.69, 9.17) is 0 Å². The van der Waals surface area contributed by atoms with Gasteiger partial charge in [0.15, 0.2) is 0 Å². The molecule has 1 aromatic carbocycles. The van der Waals surface area contributed by atoms with Gasteiger partial charge in [0.1, 0.15) is 0 Å². The second-order valence-corrected chi connectivity index (χ2v) is 7.57. The monoisotopic (exact) mass is 323 g/mol. The van der Waals surface area contributed by atoms with Crippen LogP contribution in [-0.2, 0) is 5.41 Å². The number of hydrogen-bond acceptors (Lipinski definition) is 1. The molecule has 0 spiro atoms. The normalized spacial score (nSPS) is 17.1.